The number of nitrogens with one attached hydrogen (secondary N) is 1. The standard InChI is InChI=1S/C29H22ClNO4/c1-19-7-9-22(10-8-19)28(33)31-25-17-13-23(14-18-25)29(34)35-27(21-11-15-24(30)16-12-21)26(32)20-5-3-2-4-6-20/h2-18,27H,1H3,(H,31,33)/t27-/m0/s1. The number of amides is 1. The van der Waals surface area contributed by atoms with Crippen LogP contribution in [-0.2, 0) is 4.74 Å². The predicted molar refractivity (Wildman–Crippen MR) is 136 cm³/mol. The summed E-state index contributed by atoms with van der Waals surface area (Å²) < 4.78 is 5.66. The van der Waals surface area contributed by atoms with Crippen LogP contribution in [-0.4, -0.2) is 17.7 Å². The molecule has 0 fully saturated rings. The van der Waals surface area contributed by atoms with Gasteiger partial charge < -0.3 is 10.1 Å². The monoisotopic (exact) mass is 483 g/mol. The lowest BCUT2D eigenvalue weighted by Crippen LogP contribution is -2.20. The molecule has 0 aromatic heterocycles. The van der Waals surface area contributed by atoms with Crippen LogP contribution in [0, 0.1) is 6.92 Å². The number of hydrogen-bond donors (Lipinski definition) is 1. The van der Waals surface area contributed by atoms with Crippen LogP contribution in [0.3, 0.4) is 0 Å². The van der Waals surface area contributed by atoms with E-state index in [4.69, 9.17) is 16.3 Å². The van der Waals surface area contributed by atoms with E-state index in [1.54, 1.807) is 91.0 Å². The summed E-state index contributed by atoms with van der Waals surface area (Å²) in [5.41, 5.74) is 3.31. The SMILES string of the molecule is Cc1ccc(C(=O)Nc2ccc(C(=O)O[C@H](C(=O)c3ccccc3)c3ccc(Cl)cc3)cc2)cc1. The molecule has 1 amide bonds. The molecule has 0 aliphatic carbocycles. The Balaban J connectivity index is 1.50. The summed E-state index contributed by atoms with van der Waals surface area (Å²) in [6.45, 7) is 1.95. The Labute approximate surface area is 208 Å². The molecule has 1 N–H and O–H groups in total. The van der Waals surface area contributed by atoms with Crippen molar-refractivity contribution in [2.24, 2.45) is 0 Å². The van der Waals surface area contributed by atoms with Crippen LogP contribution in [0.25, 0.3) is 0 Å². The van der Waals surface area contributed by atoms with E-state index in [9.17, 15) is 14.4 Å². The number of esters is 1. The Kier molecular flexibility index (Phi) is 7.38. The molecule has 1 atom stereocenters. The lowest BCUT2D eigenvalue weighted by atomic mass is 9.99. The highest BCUT2D eigenvalue weighted by molar-refractivity contribution is 6.30. The molecule has 6 heteroatoms. The highest BCUT2D eigenvalue weighted by Gasteiger charge is 2.27. The minimum absolute atomic E-state index is 0.248. The van der Waals surface area contributed by atoms with Crippen molar-refractivity contribution >= 4 is 34.9 Å². The number of Topliss-reactive ketones (excluding diaryl/α,β-unsaturated/α-hetero) is 1. The molecule has 174 valence electrons. The highest BCUT2D eigenvalue weighted by Crippen LogP contribution is 2.26. The van der Waals surface area contributed by atoms with Crippen molar-refractivity contribution < 1.29 is 19.1 Å². The van der Waals surface area contributed by atoms with Crippen molar-refractivity contribution in [3.63, 3.8) is 0 Å². The van der Waals surface area contributed by atoms with Crippen molar-refractivity contribution in [3.8, 4) is 0 Å². The van der Waals surface area contributed by atoms with Gasteiger partial charge in [-0.3, -0.25) is 9.59 Å². The van der Waals surface area contributed by atoms with E-state index in [2.05, 4.69) is 5.32 Å². The summed E-state index contributed by atoms with van der Waals surface area (Å²) in [4.78, 5) is 38.5. The van der Waals surface area contributed by atoms with Crippen LogP contribution >= 0.6 is 11.6 Å². The second-order valence-corrected chi connectivity index (χ2v) is 8.40. The molecule has 4 aromatic rings. The van der Waals surface area contributed by atoms with Crippen molar-refractivity contribution in [1.29, 1.82) is 0 Å². The first-order valence-corrected chi connectivity index (χ1v) is 11.3. The third-order valence-electron chi connectivity index (χ3n) is 5.39. The molecule has 0 saturated carbocycles. The van der Waals surface area contributed by atoms with Gasteiger partial charge in [0.2, 0.25) is 5.78 Å². The summed E-state index contributed by atoms with van der Waals surface area (Å²) in [5, 5.41) is 3.31. The Hall–Kier alpha value is -4.22. The van der Waals surface area contributed by atoms with Crippen LogP contribution in [0.4, 0.5) is 5.69 Å². The van der Waals surface area contributed by atoms with Gasteiger partial charge in [0.25, 0.3) is 5.91 Å². The van der Waals surface area contributed by atoms with Gasteiger partial charge in [-0.25, -0.2) is 4.79 Å². The zero-order chi connectivity index (χ0) is 24.8. The number of anilines is 1. The maximum absolute atomic E-state index is 13.2. The van der Waals surface area contributed by atoms with Gasteiger partial charge in [-0.05, 0) is 55.5 Å². The third-order valence-corrected chi connectivity index (χ3v) is 5.64. The van der Waals surface area contributed by atoms with Crippen LogP contribution in [0.1, 0.15) is 48.3 Å². The lowest BCUT2D eigenvalue weighted by Gasteiger charge is -2.18. The zero-order valence-corrected chi connectivity index (χ0v) is 19.7. The maximum Gasteiger partial charge on any atom is 0.339 e. The number of ether oxygens (including phenoxy) is 1. The second kappa shape index (κ2) is 10.8. The Morgan fingerprint density at radius 2 is 1.31 bits per heavy atom. The largest absolute Gasteiger partial charge is 0.445 e. The first-order chi connectivity index (χ1) is 16.9. The average Bonchev–Trinajstić information content (AvgIpc) is 2.88. The summed E-state index contributed by atoms with van der Waals surface area (Å²) in [6.07, 6.45) is -1.14. The Morgan fingerprint density at radius 3 is 1.94 bits per heavy atom. The number of rotatable bonds is 7. The van der Waals surface area contributed by atoms with E-state index in [-0.39, 0.29) is 17.3 Å². The quantitative estimate of drug-likeness (QED) is 0.235. The number of halogens is 1. The molecule has 0 aliphatic rings. The number of benzene rings is 4. The Morgan fingerprint density at radius 1 is 0.714 bits per heavy atom. The van der Waals surface area contributed by atoms with Crippen molar-refractivity contribution in [2.45, 2.75) is 13.0 Å². The van der Waals surface area contributed by atoms with Gasteiger partial charge in [-0.2, -0.15) is 0 Å². The molecule has 4 aromatic carbocycles. The van der Waals surface area contributed by atoms with Crippen molar-refractivity contribution in [3.05, 3.63) is 136 Å². The number of aryl methyl sites for hydroxylation is 1. The van der Waals surface area contributed by atoms with E-state index < -0.39 is 12.1 Å². The zero-order valence-electron chi connectivity index (χ0n) is 18.9. The van der Waals surface area contributed by atoms with Gasteiger partial charge in [-0.1, -0.05) is 71.8 Å². The number of hydrogen-bond acceptors (Lipinski definition) is 4. The van der Waals surface area contributed by atoms with Crippen LogP contribution in [0.5, 0.6) is 0 Å². The average molecular weight is 484 g/mol. The molecule has 35 heavy (non-hydrogen) atoms. The topological polar surface area (TPSA) is 72.5 Å². The predicted octanol–water partition coefficient (Wildman–Crippen LogP) is 6.68. The molecule has 0 saturated heterocycles. The molecule has 0 bridgehead atoms. The molecule has 4 rings (SSSR count). The number of carbonyl (C=O) groups is 3. The number of carbonyl (C=O) groups excluding carboxylic acids is 3. The smallest absolute Gasteiger partial charge is 0.339 e. The molecular weight excluding hydrogens is 462 g/mol. The van der Waals surface area contributed by atoms with Gasteiger partial charge in [0, 0.05) is 27.4 Å². The molecule has 5 nitrogen and oxygen atoms in total. The van der Waals surface area contributed by atoms with E-state index in [1.807, 2.05) is 19.1 Å². The molecule has 0 radical (unpaired) electrons. The number of ketones is 1. The fourth-order valence-electron chi connectivity index (χ4n) is 3.44. The summed E-state index contributed by atoms with van der Waals surface area (Å²) in [7, 11) is 0. The van der Waals surface area contributed by atoms with Gasteiger partial charge in [0.15, 0.2) is 6.10 Å². The van der Waals surface area contributed by atoms with Crippen LogP contribution in [0.2, 0.25) is 5.02 Å². The van der Waals surface area contributed by atoms with Crippen molar-refractivity contribution in [1.82, 2.24) is 0 Å². The highest BCUT2D eigenvalue weighted by atomic mass is 35.5. The third kappa shape index (κ3) is 6.02. The fraction of sp³-hybridized carbons (Fsp3) is 0.0690. The minimum atomic E-state index is -1.14. The van der Waals surface area contributed by atoms with E-state index in [1.165, 1.54) is 0 Å². The Bertz CT molecular complexity index is 1330. The summed E-state index contributed by atoms with van der Waals surface area (Å²) in [5.74, 6) is -1.26. The maximum atomic E-state index is 13.2. The van der Waals surface area contributed by atoms with Gasteiger partial charge in [-0.15, -0.1) is 0 Å². The van der Waals surface area contributed by atoms with Crippen LogP contribution in [0.15, 0.2) is 103 Å². The lowest BCUT2D eigenvalue weighted by molar-refractivity contribution is 0.0280. The fourth-order valence-corrected chi connectivity index (χ4v) is 3.56. The van der Waals surface area contributed by atoms with E-state index >= 15 is 0 Å². The molecule has 0 unspecified atom stereocenters. The van der Waals surface area contributed by atoms with Gasteiger partial charge in [0.05, 0.1) is 5.56 Å². The molecular formula is C29H22ClNO4. The first kappa shape index (κ1) is 23.9. The van der Waals surface area contributed by atoms with Crippen molar-refractivity contribution in [2.75, 3.05) is 5.32 Å². The van der Waals surface area contributed by atoms with Crippen LogP contribution < -0.4 is 5.32 Å². The molecule has 0 heterocycles. The summed E-state index contributed by atoms with van der Waals surface area (Å²) >= 11 is 5.99. The first-order valence-electron chi connectivity index (χ1n) is 10.9. The molecule has 0 aliphatic heterocycles. The normalized spacial score (nSPS) is 11.4. The van der Waals surface area contributed by atoms with Gasteiger partial charge >= 0.3 is 5.97 Å². The van der Waals surface area contributed by atoms with E-state index in [0.717, 1.165) is 5.56 Å². The summed E-state index contributed by atoms with van der Waals surface area (Å²) in [6, 6.07) is 28.8. The second-order valence-electron chi connectivity index (χ2n) is 7.96. The molecule has 0 spiro atoms. The van der Waals surface area contributed by atoms with Gasteiger partial charge in [0.1, 0.15) is 0 Å². The van der Waals surface area contributed by atoms with E-state index in [0.29, 0.717) is 27.4 Å². The minimum Gasteiger partial charge on any atom is -0.445 e.